The topological polar surface area (TPSA) is 70.2 Å². The predicted octanol–water partition coefficient (Wildman–Crippen LogP) is 3.95. The predicted molar refractivity (Wildman–Crippen MR) is 115 cm³/mol. The largest absolute Gasteiger partial charge is 0.350 e. The van der Waals surface area contributed by atoms with Crippen molar-refractivity contribution in [2.24, 2.45) is 0 Å². The van der Waals surface area contributed by atoms with Crippen LogP contribution >= 0.6 is 0 Å². The smallest absolute Gasteiger partial charge is 0.243 e. The van der Waals surface area contributed by atoms with Crippen molar-refractivity contribution in [2.75, 3.05) is 16.8 Å². The molecule has 1 aliphatic heterocycles. The molecule has 3 aromatic rings. The van der Waals surface area contributed by atoms with E-state index in [0.717, 1.165) is 30.6 Å². The van der Waals surface area contributed by atoms with Crippen LogP contribution in [0.1, 0.15) is 24.0 Å². The molecule has 1 aromatic heterocycles. The molecule has 4 rings (SSSR count). The summed E-state index contributed by atoms with van der Waals surface area (Å²) < 4.78 is 13.0. The van der Waals surface area contributed by atoms with Crippen molar-refractivity contribution in [3.63, 3.8) is 0 Å². The van der Waals surface area contributed by atoms with Gasteiger partial charge in [-0.1, -0.05) is 29.8 Å². The van der Waals surface area contributed by atoms with Crippen LogP contribution in [0.5, 0.6) is 0 Å². The summed E-state index contributed by atoms with van der Waals surface area (Å²) in [4.78, 5) is 23.7. The highest BCUT2D eigenvalue weighted by molar-refractivity contribution is 5.85. The lowest BCUT2D eigenvalue weighted by molar-refractivity contribution is -0.122. The van der Waals surface area contributed by atoms with E-state index < -0.39 is 0 Å². The molecule has 2 N–H and O–H groups in total. The van der Waals surface area contributed by atoms with Crippen LogP contribution in [0.25, 0.3) is 0 Å². The summed E-state index contributed by atoms with van der Waals surface area (Å²) in [6, 6.07) is 15.7. The first-order valence-electron chi connectivity index (χ1n) is 10.0. The maximum Gasteiger partial charge on any atom is 0.243 e. The van der Waals surface area contributed by atoms with Crippen LogP contribution in [0.4, 0.5) is 21.8 Å². The van der Waals surface area contributed by atoms with E-state index in [2.05, 4.69) is 20.6 Å². The average molecular weight is 405 g/mol. The van der Waals surface area contributed by atoms with Crippen molar-refractivity contribution in [3.05, 3.63) is 77.7 Å². The minimum absolute atomic E-state index is 0.0719. The monoisotopic (exact) mass is 405 g/mol. The minimum atomic E-state index is -0.319. The molecular formula is C23H24FN5O. The van der Waals surface area contributed by atoms with Gasteiger partial charge in [-0.2, -0.15) is 4.98 Å². The Bertz CT molecular complexity index is 1010. The van der Waals surface area contributed by atoms with Gasteiger partial charge in [0.25, 0.3) is 0 Å². The highest BCUT2D eigenvalue weighted by atomic mass is 19.1. The summed E-state index contributed by atoms with van der Waals surface area (Å²) in [5.41, 5.74) is 2.99. The van der Waals surface area contributed by atoms with Gasteiger partial charge in [-0.15, -0.1) is 0 Å². The number of benzene rings is 2. The number of nitrogens with one attached hydrogen (secondary N) is 2. The molecule has 2 aromatic carbocycles. The van der Waals surface area contributed by atoms with E-state index in [1.165, 1.54) is 17.7 Å². The van der Waals surface area contributed by atoms with E-state index in [1.54, 1.807) is 18.3 Å². The van der Waals surface area contributed by atoms with Gasteiger partial charge in [0.2, 0.25) is 11.9 Å². The number of halogens is 1. The molecule has 154 valence electrons. The fourth-order valence-electron chi connectivity index (χ4n) is 3.53. The number of carbonyl (C=O) groups excluding carboxylic acids is 1. The first-order valence-corrected chi connectivity index (χ1v) is 10.0. The zero-order valence-corrected chi connectivity index (χ0v) is 16.8. The summed E-state index contributed by atoms with van der Waals surface area (Å²) >= 11 is 0. The van der Waals surface area contributed by atoms with Gasteiger partial charge < -0.3 is 15.5 Å². The van der Waals surface area contributed by atoms with E-state index in [4.69, 9.17) is 0 Å². The molecule has 0 saturated carbocycles. The third kappa shape index (κ3) is 4.74. The molecule has 1 atom stereocenters. The van der Waals surface area contributed by atoms with Gasteiger partial charge in [0.1, 0.15) is 17.7 Å². The zero-order chi connectivity index (χ0) is 20.9. The fraction of sp³-hybridized carbons (Fsp3) is 0.261. The van der Waals surface area contributed by atoms with Crippen LogP contribution in [0, 0.1) is 12.7 Å². The van der Waals surface area contributed by atoms with Gasteiger partial charge in [0, 0.05) is 25.0 Å². The van der Waals surface area contributed by atoms with E-state index >= 15 is 0 Å². The second kappa shape index (κ2) is 8.90. The van der Waals surface area contributed by atoms with Gasteiger partial charge in [-0.3, -0.25) is 4.79 Å². The first kappa shape index (κ1) is 19.8. The third-order valence-corrected chi connectivity index (χ3v) is 5.16. The molecule has 0 spiro atoms. The van der Waals surface area contributed by atoms with E-state index in [0.29, 0.717) is 18.3 Å². The van der Waals surface area contributed by atoms with Gasteiger partial charge in [0.05, 0.1) is 0 Å². The summed E-state index contributed by atoms with van der Waals surface area (Å²) in [7, 11) is 0. The van der Waals surface area contributed by atoms with Crippen LogP contribution in [0.2, 0.25) is 0 Å². The molecule has 6 nitrogen and oxygen atoms in total. The Morgan fingerprint density at radius 1 is 1.13 bits per heavy atom. The van der Waals surface area contributed by atoms with Crippen LogP contribution in [0.15, 0.2) is 60.8 Å². The molecular weight excluding hydrogens is 381 g/mol. The number of nitrogens with zero attached hydrogens (tertiary/aromatic N) is 3. The number of hydrogen-bond acceptors (Lipinski definition) is 5. The number of aromatic nitrogens is 2. The van der Waals surface area contributed by atoms with Crippen molar-refractivity contribution in [1.82, 2.24) is 15.3 Å². The van der Waals surface area contributed by atoms with Crippen molar-refractivity contribution in [1.29, 1.82) is 0 Å². The molecule has 1 saturated heterocycles. The van der Waals surface area contributed by atoms with Crippen molar-refractivity contribution in [2.45, 2.75) is 32.4 Å². The summed E-state index contributed by atoms with van der Waals surface area (Å²) in [6.45, 7) is 3.13. The molecule has 1 fully saturated rings. The summed E-state index contributed by atoms with van der Waals surface area (Å²) in [5.74, 6) is 0.855. The van der Waals surface area contributed by atoms with Gasteiger partial charge in [0.15, 0.2) is 0 Å². The second-order valence-electron chi connectivity index (χ2n) is 7.43. The Kier molecular flexibility index (Phi) is 5.88. The summed E-state index contributed by atoms with van der Waals surface area (Å²) in [6.07, 6.45) is 3.34. The van der Waals surface area contributed by atoms with Gasteiger partial charge in [-0.05, 0) is 55.7 Å². The Balaban J connectivity index is 1.42. The SMILES string of the molecule is Cc1ccc(Nc2ccnc(N3CCCC3C(=O)NCc3ccc(F)cc3)n2)cc1. The molecule has 0 radical (unpaired) electrons. The normalized spacial score (nSPS) is 15.8. The summed E-state index contributed by atoms with van der Waals surface area (Å²) in [5, 5.41) is 6.23. The van der Waals surface area contributed by atoms with Crippen LogP contribution < -0.4 is 15.5 Å². The first-order chi connectivity index (χ1) is 14.6. The highest BCUT2D eigenvalue weighted by Crippen LogP contribution is 2.24. The molecule has 7 heteroatoms. The Morgan fingerprint density at radius 3 is 2.67 bits per heavy atom. The highest BCUT2D eigenvalue weighted by Gasteiger charge is 2.32. The minimum Gasteiger partial charge on any atom is -0.350 e. The maximum atomic E-state index is 13.0. The molecule has 1 aliphatic rings. The maximum absolute atomic E-state index is 13.0. The van der Waals surface area contributed by atoms with E-state index in [9.17, 15) is 9.18 Å². The Morgan fingerprint density at radius 2 is 1.90 bits per heavy atom. The van der Waals surface area contributed by atoms with Crippen molar-refractivity contribution in [3.8, 4) is 0 Å². The number of hydrogen-bond donors (Lipinski definition) is 2. The molecule has 0 bridgehead atoms. The molecule has 1 unspecified atom stereocenters. The van der Waals surface area contributed by atoms with Crippen molar-refractivity contribution >= 4 is 23.4 Å². The molecule has 2 heterocycles. The Labute approximate surface area is 175 Å². The average Bonchev–Trinajstić information content (AvgIpc) is 3.25. The standard InChI is InChI=1S/C23H24FN5O/c1-16-4-10-19(11-5-16)27-21-12-13-25-23(28-21)29-14-2-3-20(29)22(30)26-15-17-6-8-18(24)9-7-17/h4-13,20H,2-3,14-15H2,1H3,(H,26,30)(H,25,27,28). The van der Waals surface area contributed by atoms with Crippen LogP contribution in [-0.2, 0) is 11.3 Å². The van der Waals surface area contributed by atoms with E-state index in [1.807, 2.05) is 42.2 Å². The fourth-order valence-corrected chi connectivity index (χ4v) is 3.53. The number of aryl methyl sites for hydroxylation is 1. The van der Waals surface area contributed by atoms with Crippen LogP contribution in [-0.4, -0.2) is 28.5 Å². The Hall–Kier alpha value is -3.48. The lowest BCUT2D eigenvalue weighted by Gasteiger charge is -2.24. The molecule has 1 amide bonds. The second-order valence-corrected chi connectivity index (χ2v) is 7.43. The molecule has 0 aliphatic carbocycles. The lowest BCUT2D eigenvalue weighted by Crippen LogP contribution is -2.43. The molecule has 30 heavy (non-hydrogen) atoms. The third-order valence-electron chi connectivity index (χ3n) is 5.16. The quantitative estimate of drug-likeness (QED) is 0.650. The van der Waals surface area contributed by atoms with Gasteiger partial charge >= 0.3 is 0 Å². The van der Waals surface area contributed by atoms with E-state index in [-0.39, 0.29) is 17.8 Å². The lowest BCUT2D eigenvalue weighted by atomic mass is 10.2. The van der Waals surface area contributed by atoms with Crippen LogP contribution in [0.3, 0.4) is 0 Å². The van der Waals surface area contributed by atoms with Crippen molar-refractivity contribution < 1.29 is 9.18 Å². The number of rotatable bonds is 6. The van der Waals surface area contributed by atoms with Gasteiger partial charge in [-0.25, -0.2) is 9.37 Å². The number of anilines is 3. The zero-order valence-electron chi connectivity index (χ0n) is 16.8. The number of amides is 1. The number of carbonyl (C=O) groups is 1.